The Morgan fingerprint density at radius 2 is 1.61 bits per heavy atom. The third-order valence-corrected chi connectivity index (χ3v) is 3.87. The zero-order valence-electron chi connectivity index (χ0n) is 15.0. The SMILES string of the molecule is COC(=O)c1ccc(Nc2cncc(C(=O)Nc3ccc(C#N)cc3)c2)cc1. The number of aromatic nitrogens is 1. The summed E-state index contributed by atoms with van der Waals surface area (Å²) in [4.78, 5) is 28.0. The number of nitrogens with zero attached hydrogens (tertiary/aromatic N) is 2. The Morgan fingerprint density at radius 3 is 2.25 bits per heavy atom. The predicted molar refractivity (Wildman–Crippen MR) is 104 cm³/mol. The molecule has 7 nitrogen and oxygen atoms in total. The van der Waals surface area contributed by atoms with Crippen LogP contribution in [0.5, 0.6) is 0 Å². The fourth-order valence-electron chi connectivity index (χ4n) is 2.44. The Balaban J connectivity index is 1.70. The summed E-state index contributed by atoms with van der Waals surface area (Å²) in [5, 5.41) is 14.7. The van der Waals surface area contributed by atoms with Crippen LogP contribution in [-0.2, 0) is 4.74 Å². The van der Waals surface area contributed by atoms with Crippen molar-refractivity contribution in [1.29, 1.82) is 5.26 Å². The number of rotatable bonds is 5. The van der Waals surface area contributed by atoms with Gasteiger partial charge in [0.25, 0.3) is 5.91 Å². The number of pyridine rings is 1. The molecular formula is C21H16N4O3. The van der Waals surface area contributed by atoms with Crippen LogP contribution in [0, 0.1) is 11.3 Å². The molecule has 138 valence electrons. The topological polar surface area (TPSA) is 104 Å². The van der Waals surface area contributed by atoms with Gasteiger partial charge in [-0.25, -0.2) is 4.79 Å². The quantitative estimate of drug-likeness (QED) is 0.661. The molecule has 0 aliphatic heterocycles. The van der Waals surface area contributed by atoms with Crippen LogP contribution in [-0.4, -0.2) is 24.0 Å². The Morgan fingerprint density at radius 1 is 0.929 bits per heavy atom. The van der Waals surface area contributed by atoms with Gasteiger partial charge in [0.05, 0.1) is 41.8 Å². The van der Waals surface area contributed by atoms with Crippen LogP contribution in [0.4, 0.5) is 17.1 Å². The Kier molecular flexibility index (Phi) is 5.63. The molecule has 0 bridgehead atoms. The highest BCUT2D eigenvalue weighted by atomic mass is 16.5. The van der Waals surface area contributed by atoms with Gasteiger partial charge in [-0.15, -0.1) is 0 Å². The molecule has 1 aromatic heterocycles. The van der Waals surface area contributed by atoms with Gasteiger partial charge in [0.15, 0.2) is 0 Å². The van der Waals surface area contributed by atoms with E-state index < -0.39 is 5.97 Å². The first-order chi connectivity index (χ1) is 13.6. The summed E-state index contributed by atoms with van der Waals surface area (Å²) in [5.74, 6) is -0.725. The number of benzene rings is 2. The number of anilines is 3. The summed E-state index contributed by atoms with van der Waals surface area (Å²) >= 11 is 0. The molecule has 0 saturated carbocycles. The van der Waals surface area contributed by atoms with Gasteiger partial charge in [-0.2, -0.15) is 5.26 Å². The largest absolute Gasteiger partial charge is 0.465 e. The zero-order chi connectivity index (χ0) is 19.9. The van der Waals surface area contributed by atoms with Crippen LogP contribution in [0.1, 0.15) is 26.3 Å². The zero-order valence-corrected chi connectivity index (χ0v) is 15.0. The second-order valence-electron chi connectivity index (χ2n) is 5.80. The number of hydrogen-bond donors (Lipinski definition) is 2. The second kappa shape index (κ2) is 8.47. The number of carbonyl (C=O) groups excluding carboxylic acids is 2. The van der Waals surface area contributed by atoms with Crippen molar-refractivity contribution < 1.29 is 14.3 Å². The van der Waals surface area contributed by atoms with E-state index >= 15 is 0 Å². The van der Waals surface area contributed by atoms with E-state index in [0.717, 1.165) is 5.69 Å². The molecule has 0 saturated heterocycles. The summed E-state index contributed by atoms with van der Waals surface area (Å²) in [6.45, 7) is 0. The van der Waals surface area contributed by atoms with E-state index in [0.29, 0.717) is 28.1 Å². The van der Waals surface area contributed by atoms with Crippen molar-refractivity contribution in [2.24, 2.45) is 0 Å². The lowest BCUT2D eigenvalue weighted by Gasteiger charge is -2.09. The third kappa shape index (κ3) is 4.51. The van der Waals surface area contributed by atoms with Crippen molar-refractivity contribution in [3.8, 4) is 6.07 Å². The molecule has 1 amide bonds. The van der Waals surface area contributed by atoms with Gasteiger partial charge in [-0.05, 0) is 54.6 Å². The highest BCUT2D eigenvalue weighted by Crippen LogP contribution is 2.18. The van der Waals surface area contributed by atoms with E-state index in [1.54, 1.807) is 60.8 Å². The fourth-order valence-corrected chi connectivity index (χ4v) is 2.44. The van der Waals surface area contributed by atoms with Crippen LogP contribution in [0.3, 0.4) is 0 Å². The number of methoxy groups -OCH3 is 1. The van der Waals surface area contributed by atoms with E-state index in [2.05, 4.69) is 20.4 Å². The van der Waals surface area contributed by atoms with Crippen molar-refractivity contribution in [3.05, 3.63) is 83.7 Å². The van der Waals surface area contributed by atoms with Crippen LogP contribution in [0.2, 0.25) is 0 Å². The lowest BCUT2D eigenvalue weighted by molar-refractivity contribution is 0.0600. The maximum absolute atomic E-state index is 12.4. The number of nitriles is 1. The number of carbonyl (C=O) groups is 2. The van der Waals surface area contributed by atoms with Gasteiger partial charge in [0, 0.05) is 17.6 Å². The lowest BCUT2D eigenvalue weighted by Crippen LogP contribution is -2.12. The maximum atomic E-state index is 12.4. The smallest absolute Gasteiger partial charge is 0.337 e. The van der Waals surface area contributed by atoms with Gasteiger partial charge in [-0.1, -0.05) is 0 Å². The molecule has 3 rings (SSSR count). The molecule has 0 radical (unpaired) electrons. The standard InChI is InChI=1S/C21H16N4O3/c1-28-21(27)15-4-8-17(9-5-15)24-19-10-16(12-23-13-19)20(26)25-18-6-2-14(11-22)3-7-18/h2-10,12-13,24H,1H3,(H,25,26). The minimum atomic E-state index is -0.408. The monoisotopic (exact) mass is 372 g/mol. The van der Waals surface area contributed by atoms with E-state index in [-0.39, 0.29) is 5.91 Å². The minimum absolute atomic E-state index is 0.318. The molecule has 7 heteroatoms. The average molecular weight is 372 g/mol. The lowest BCUT2D eigenvalue weighted by atomic mass is 10.2. The number of hydrogen-bond acceptors (Lipinski definition) is 6. The predicted octanol–water partition coefficient (Wildman–Crippen LogP) is 3.74. The van der Waals surface area contributed by atoms with Gasteiger partial charge >= 0.3 is 5.97 Å². The molecule has 28 heavy (non-hydrogen) atoms. The molecule has 2 aromatic carbocycles. The molecule has 0 fully saturated rings. The fraction of sp³-hybridized carbons (Fsp3) is 0.0476. The molecule has 0 atom stereocenters. The van der Waals surface area contributed by atoms with Crippen molar-refractivity contribution in [1.82, 2.24) is 4.98 Å². The first kappa shape index (κ1) is 18.6. The van der Waals surface area contributed by atoms with Crippen molar-refractivity contribution >= 4 is 28.9 Å². The molecule has 1 heterocycles. The summed E-state index contributed by atoms with van der Waals surface area (Å²) in [7, 11) is 1.33. The van der Waals surface area contributed by atoms with Crippen LogP contribution >= 0.6 is 0 Å². The average Bonchev–Trinajstić information content (AvgIpc) is 2.74. The molecule has 0 aliphatic carbocycles. The van der Waals surface area contributed by atoms with Crippen molar-refractivity contribution in [2.45, 2.75) is 0 Å². The normalized spacial score (nSPS) is 9.86. The summed E-state index contributed by atoms with van der Waals surface area (Å²) in [5.41, 5.74) is 3.28. The molecule has 0 aliphatic rings. The van der Waals surface area contributed by atoms with Gasteiger partial charge in [0.1, 0.15) is 0 Å². The number of ether oxygens (including phenoxy) is 1. The third-order valence-electron chi connectivity index (χ3n) is 3.87. The first-order valence-corrected chi connectivity index (χ1v) is 8.31. The van der Waals surface area contributed by atoms with E-state index in [4.69, 9.17) is 5.26 Å². The summed E-state index contributed by atoms with van der Waals surface area (Å²) in [6.07, 6.45) is 3.05. The Hall–Kier alpha value is -4.18. The molecule has 0 spiro atoms. The summed E-state index contributed by atoms with van der Waals surface area (Å²) < 4.78 is 4.67. The van der Waals surface area contributed by atoms with Crippen LogP contribution < -0.4 is 10.6 Å². The molecule has 2 N–H and O–H groups in total. The van der Waals surface area contributed by atoms with Gasteiger partial charge in [-0.3, -0.25) is 9.78 Å². The number of amides is 1. The Labute approximate surface area is 161 Å². The second-order valence-corrected chi connectivity index (χ2v) is 5.80. The summed E-state index contributed by atoms with van der Waals surface area (Å²) in [6, 6.07) is 17.0. The van der Waals surface area contributed by atoms with Crippen LogP contribution in [0.25, 0.3) is 0 Å². The highest BCUT2D eigenvalue weighted by molar-refractivity contribution is 6.04. The van der Waals surface area contributed by atoms with E-state index in [1.807, 2.05) is 6.07 Å². The molecule has 0 unspecified atom stereocenters. The maximum Gasteiger partial charge on any atom is 0.337 e. The molecule has 3 aromatic rings. The number of nitrogens with one attached hydrogen (secondary N) is 2. The van der Waals surface area contributed by atoms with Gasteiger partial charge in [0.2, 0.25) is 0 Å². The van der Waals surface area contributed by atoms with E-state index in [1.165, 1.54) is 13.3 Å². The minimum Gasteiger partial charge on any atom is -0.465 e. The van der Waals surface area contributed by atoms with E-state index in [9.17, 15) is 9.59 Å². The van der Waals surface area contributed by atoms with Crippen molar-refractivity contribution in [2.75, 3.05) is 17.7 Å². The highest BCUT2D eigenvalue weighted by Gasteiger charge is 2.09. The number of esters is 1. The van der Waals surface area contributed by atoms with Crippen molar-refractivity contribution in [3.63, 3.8) is 0 Å². The Bertz CT molecular complexity index is 1040. The van der Waals surface area contributed by atoms with Gasteiger partial charge < -0.3 is 15.4 Å². The molecular weight excluding hydrogens is 356 g/mol. The van der Waals surface area contributed by atoms with Crippen LogP contribution in [0.15, 0.2) is 67.0 Å². The first-order valence-electron chi connectivity index (χ1n) is 8.31.